The predicted molar refractivity (Wildman–Crippen MR) is 108 cm³/mol. The third kappa shape index (κ3) is 4.49. The molecule has 29 heavy (non-hydrogen) atoms. The van der Waals surface area contributed by atoms with Gasteiger partial charge in [0.05, 0.1) is 12.6 Å². The molecule has 0 radical (unpaired) electrons. The summed E-state index contributed by atoms with van der Waals surface area (Å²) in [6, 6.07) is 8.31. The molecule has 2 aliphatic heterocycles. The number of aryl methyl sites for hydroxylation is 1. The van der Waals surface area contributed by atoms with Crippen LogP contribution in [-0.4, -0.2) is 45.8 Å². The molecular formula is C20H27N7O2. The number of hydrogen-bond acceptors (Lipinski definition) is 5. The molecule has 154 valence electrons. The van der Waals surface area contributed by atoms with E-state index in [1.807, 2.05) is 36.7 Å². The van der Waals surface area contributed by atoms with Gasteiger partial charge in [-0.3, -0.25) is 4.79 Å². The Balaban J connectivity index is 1.52. The Bertz CT molecular complexity index is 898. The molecule has 1 aromatic carbocycles. The molecule has 2 aromatic rings. The largest absolute Gasteiger partial charge is 0.493 e. The van der Waals surface area contributed by atoms with Gasteiger partial charge in [0.1, 0.15) is 18.1 Å². The fraction of sp³-hybridized carbons (Fsp3) is 0.500. The molecule has 0 aliphatic carbocycles. The highest BCUT2D eigenvalue weighted by Gasteiger charge is 2.24. The lowest BCUT2D eigenvalue weighted by molar-refractivity contribution is -0.122. The molecule has 3 N–H and O–H groups in total. The van der Waals surface area contributed by atoms with Crippen LogP contribution in [0.25, 0.3) is 0 Å². The zero-order valence-corrected chi connectivity index (χ0v) is 16.8. The average Bonchev–Trinajstić information content (AvgIpc) is 3.06. The second kappa shape index (κ2) is 8.50. The van der Waals surface area contributed by atoms with E-state index in [0.717, 1.165) is 35.8 Å². The van der Waals surface area contributed by atoms with Crippen LogP contribution < -0.4 is 20.7 Å². The van der Waals surface area contributed by atoms with Crippen molar-refractivity contribution >= 4 is 11.9 Å². The molecule has 0 bridgehead atoms. The predicted octanol–water partition coefficient (Wildman–Crippen LogP) is 0.961. The minimum absolute atomic E-state index is 0.0995. The number of nitrogens with one attached hydrogen (secondary N) is 3. The summed E-state index contributed by atoms with van der Waals surface area (Å²) in [5.74, 6) is 3.36. The number of hydrogen-bond donors (Lipinski definition) is 3. The molecule has 0 spiro atoms. The quantitative estimate of drug-likeness (QED) is 0.524. The van der Waals surface area contributed by atoms with Gasteiger partial charge in [0, 0.05) is 38.0 Å². The number of piperidine rings is 1. The van der Waals surface area contributed by atoms with Gasteiger partial charge in [-0.2, -0.15) is 0 Å². The smallest absolute Gasteiger partial charge is 0.220 e. The summed E-state index contributed by atoms with van der Waals surface area (Å²) >= 11 is 0. The van der Waals surface area contributed by atoms with E-state index in [0.29, 0.717) is 32.1 Å². The number of rotatable bonds is 4. The van der Waals surface area contributed by atoms with Crippen LogP contribution in [0.5, 0.6) is 5.75 Å². The van der Waals surface area contributed by atoms with Gasteiger partial charge in [0.15, 0.2) is 11.8 Å². The summed E-state index contributed by atoms with van der Waals surface area (Å²) in [6.07, 6.45) is 2.15. The van der Waals surface area contributed by atoms with E-state index in [1.54, 1.807) is 0 Å². The van der Waals surface area contributed by atoms with E-state index in [-0.39, 0.29) is 18.0 Å². The molecule has 1 amide bonds. The molecule has 3 heterocycles. The number of benzene rings is 1. The Morgan fingerprint density at radius 2 is 2.17 bits per heavy atom. The van der Waals surface area contributed by atoms with Gasteiger partial charge in [-0.25, -0.2) is 4.99 Å². The summed E-state index contributed by atoms with van der Waals surface area (Å²) in [7, 11) is 1.94. The first kappa shape index (κ1) is 19.2. The molecular weight excluding hydrogens is 370 g/mol. The van der Waals surface area contributed by atoms with Crippen molar-refractivity contribution < 1.29 is 9.53 Å². The van der Waals surface area contributed by atoms with Gasteiger partial charge in [0.2, 0.25) is 5.91 Å². The van der Waals surface area contributed by atoms with Gasteiger partial charge >= 0.3 is 0 Å². The van der Waals surface area contributed by atoms with Crippen molar-refractivity contribution in [2.75, 3.05) is 13.2 Å². The summed E-state index contributed by atoms with van der Waals surface area (Å²) in [5.41, 5.74) is 1.12. The first-order chi connectivity index (χ1) is 14.1. The molecule has 1 aromatic heterocycles. The van der Waals surface area contributed by atoms with Crippen molar-refractivity contribution in [1.29, 1.82) is 0 Å². The first-order valence-electron chi connectivity index (χ1n) is 10.0. The van der Waals surface area contributed by atoms with Crippen molar-refractivity contribution in [3.63, 3.8) is 0 Å². The Morgan fingerprint density at radius 1 is 1.31 bits per heavy atom. The highest BCUT2D eigenvalue weighted by atomic mass is 16.5. The fourth-order valence-electron chi connectivity index (χ4n) is 3.58. The number of para-hydroxylation sites is 1. The van der Waals surface area contributed by atoms with Crippen LogP contribution in [0.15, 0.2) is 29.3 Å². The fourth-order valence-corrected chi connectivity index (χ4v) is 3.58. The second-order valence-electron chi connectivity index (χ2n) is 7.44. The lowest BCUT2D eigenvalue weighted by Gasteiger charge is -2.30. The number of fused-ring (bicyclic) bond motifs is 1. The van der Waals surface area contributed by atoms with E-state index in [4.69, 9.17) is 9.73 Å². The van der Waals surface area contributed by atoms with Crippen LogP contribution in [0.2, 0.25) is 0 Å². The van der Waals surface area contributed by atoms with Gasteiger partial charge in [-0.15, -0.1) is 10.2 Å². The van der Waals surface area contributed by atoms with Crippen LogP contribution in [0.1, 0.15) is 42.5 Å². The molecule has 0 saturated carbocycles. The van der Waals surface area contributed by atoms with Gasteiger partial charge in [-0.05, 0) is 19.4 Å². The van der Waals surface area contributed by atoms with E-state index >= 15 is 0 Å². The second-order valence-corrected chi connectivity index (χ2v) is 7.44. The molecule has 1 saturated heterocycles. The normalized spacial score (nSPS) is 21.7. The molecule has 2 unspecified atom stereocenters. The Hall–Kier alpha value is -3.10. The highest BCUT2D eigenvalue weighted by Crippen LogP contribution is 2.31. The number of aliphatic imine (C=N–C) groups is 1. The van der Waals surface area contributed by atoms with Crippen LogP contribution >= 0.6 is 0 Å². The van der Waals surface area contributed by atoms with Gasteiger partial charge in [-0.1, -0.05) is 18.2 Å². The molecule has 1 fully saturated rings. The maximum Gasteiger partial charge on any atom is 0.220 e. The van der Waals surface area contributed by atoms with Crippen molar-refractivity contribution in [3.05, 3.63) is 41.5 Å². The van der Waals surface area contributed by atoms with Crippen LogP contribution in [0.4, 0.5) is 0 Å². The minimum atomic E-state index is 0.0995. The molecule has 4 rings (SSSR count). The zero-order chi connectivity index (χ0) is 20.2. The van der Waals surface area contributed by atoms with Crippen molar-refractivity contribution in [1.82, 2.24) is 30.7 Å². The number of nitrogens with zero attached hydrogens (tertiary/aromatic N) is 4. The first-order valence-corrected chi connectivity index (χ1v) is 10.0. The standard InChI is InChI=1S/C20H27N7O2/c1-13-25-26-18(27(13)2)12-22-20(23-14-7-8-19(28)21-11-14)24-16-9-10-29-17-6-4-3-5-15(16)17/h3-6,14,16H,7-12H2,1-2H3,(H,21,28)(H2,22,23,24). The number of guanidine groups is 1. The summed E-state index contributed by atoms with van der Waals surface area (Å²) in [5, 5.41) is 18.2. The number of aromatic nitrogens is 3. The molecule has 9 nitrogen and oxygen atoms in total. The highest BCUT2D eigenvalue weighted by molar-refractivity contribution is 5.81. The Labute approximate surface area is 170 Å². The number of ether oxygens (including phenoxy) is 1. The average molecular weight is 397 g/mol. The summed E-state index contributed by atoms with van der Waals surface area (Å²) in [4.78, 5) is 16.2. The van der Waals surface area contributed by atoms with Gasteiger partial charge in [0.25, 0.3) is 0 Å². The van der Waals surface area contributed by atoms with E-state index < -0.39 is 0 Å². The Morgan fingerprint density at radius 3 is 2.93 bits per heavy atom. The van der Waals surface area contributed by atoms with Crippen molar-refractivity contribution in [2.45, 2.75) is 44.8 Å². The molecule has 2 atom stereocenters. The van der Waals surface area contributed by atoms with Crippen LogP contribution in [-0.2, 0) is 18.4 Å². The molecule has 9 heteroatoms. The third-order valence-electron chi connectivity index (χ3n) is 5.44. The van der Waals surface area contributed by atoms with Crippen molar-refractivity contribution in [3.8, 4) is 5.75 Å². The van der Waals surface area contributed by atoms with Crippen molar-refractivity contribution in [2.24, 2.45) is 12.0 Å². The molecule has 2 aliphatic rings. The summed E-state index contributed by atoms with van der Waals surface area (Å²) in [6.45, 7) is 3.58. The number of carbonyl (C=O) groups is 1. The Kier molecular flexibility index (Phi) is 5.64. The van der Waals surface area contributed by atoms with Crippen LogP contribution in [0.3, 0.4) is 0 Å². The van der Waals surface area contributed by atoms with Gasteiger partial charge < -0.3 is 25.3 Å². The lowest BCUT2D eigenvalue weighted by atomic mass is 10.0. The van der Waals surface area contributed by atoms with E-state index in [9.17, 15) is 4.79 Å². The number of amides is 1. The summed E-state index contributed by atoms with van der Waals surface area (Å²) < 4.78 is 7.71. The minimum Gasteiger partial charge on any atom is -0.493 e. The zero-order valence-electron chi connectivity index (χ0n) is 16.8. The number of carbonyl (C=O) groups excluding carboxylic acids is 1. The lowest BCUT2D eigenvalue weighted by Crippen LogP contribution is -2.52. The topological polar surface area (TPSA) is 105 Å². The maximum absolute atomic E-state index is 11.5. The van der Waals surface area contributed by atoms with Crippen LogP contribution in [0, 0.1) is 6.92 Å². The maximum atomic E-state index is 11.5. The third-order valence-corrected chi connectivity index (χ3v) is 5.44. The van der Waals surface area contributed by atoms with E-state index in [1.165, 1.54) is 0 Å². The SMILES string of the molecule is Cc1nnc(CN=C(NC2CCC(=O)NC2)NC2CCOc3ccccc32)n1C. The monoisotopic (exact) mass is 397 g/mol. The van der Waals surface area contributed by atoms with E-state index in [2.05, 4.69) is 32.2 Å².